The third kappa shape index (κ3) is 5.63. The molecular formula is C73H44. The van der Waals surface area contributed by atoms with Crippen LogP contribution < -0.4 is 0 Å². The molecule has 336 valence electrons. The van der Waals surface area contributed by atoms with Crippen molar-refractivity contribution < 1.29 is 0 Å². The first-order valence-electron chi connectivity index (χ1n) is 25.7. The van der Waals surface area contributed by atoms with E-state index < -0.39 is 5.41 Å². The van der Waals surface area contributed by atoms with Crippen LogP contribution in [0.25, 0.3) is 121 Å². The van der Waals surface area contributed by atoms with E-state index in [-0.39, 0.29) is 0 Å². The van der Waals surface area contributed by atoms with E-state index in [2.05, 4.69) is 255 Å². The van der Waals surface area contributed by atoms with Crippen molar-refractivity contribution in [2.24, 2.45) is 0 Å². The highest BCUT2D eigenvalue weighted by atomic mass is 14.5. The number of benzene rings is 12. The Balaban J connectivity index is 0.955. The third-order valence-electron chi connectivity index (χ3n) is 16.8. The number of fused-ring (bicyclic) bond motifs is 16. The van der Waals surface area contributed by atoms with Crippen LogP contribution in [0.4, 0.5) is 0 Å². The molecular weight excluding hydrogens is 877 g/mol. The molecule has 0 heteroatoms. The quantitative estimate of drug-likeness (QED) is 0.154. The summed E-state index contributed by atoms with van der Waals surface area (Å²) >= 11 is 0. The molecule has 13 aromatic rings. The highest BCUT2D eigenvalue weighted by Crippen LogP contribution is 2.63. The van der Waals surface area contributed by atoms with Crippen LogP contribution in [-0.4, -0.2) is 0 Å². The molecule has 0 saturated heterocycles. The van der Waals surface area contributed by atoms with Crippen LogP contribution in [0, 0.1) is 12.1 Å². The van der Waals surface area contributed by atoms with Gasteiger partial charge in [-0.05, 0) is 168 Å². The molecule has 0 saturated carbocycles. The first-order chi connectivity index (χ1) is 36.2. The lowest BCUT2D eigenvalue weighted by Gasteiger charge is -2.30. The molecule has 0 fully saturated rings. The van der Waals surface area contributed by atoms with Crippen molar-refractivity contribution in [1.29, 1.82) is 0 Å². The van der Waals surface area contributed by atoms with Crippen molar-refractivity contribution in [2.75, 3.05) is 0 Å². The molecule has 13 aromatic carbocycles. The third-order valence-corrected chi connectivity index (χ3v) is 16.8. The molecule has 0 N–H and O–H groups in total. The molecule has 0 atom stereocenters. The van der Waals surface area contributed by atoms with E-state index >= 15 is 0 Å². The van der Waals surface area contributed by atoms with Crippen molar-refractivity contribution in [3.05, 3.63) is 288 Å². The Kier molecular flexibility index (Phi) is 8.51. The van der Waals surface area contributed by atoms with Crippen molar-refractivity contribution in [3.8, 4) is 55.6 Å². The molecule has 0 heterocycles. The van der Waals surface area contributed by atoms with E-state index in [0.717, 1.165) is 24.0 Å². The van der Waals surface area contributed by atoms with Crippen LogP contribution in [-0.2, 0) is 11.8 Å². The molecule has 0 aromatic heterocycles. The van der Waals surface area contributed by atoms with Gasteiger partial charge in [0, 0.05) is 16.7 Å². The number of hydrogen-bond acceptors (Lipinski definition) is 0. The van der Waals surface area contributed by atoms with Crippen molar-refractivity contribution >= 4 is 65.5 Å². The lowest BCUT2D eigenvalue weighted by Crippen LogP contribution is -2.25. The molecule has 0 bridgehead atoms. The molecule has 0 nitrogen and oxygen atoms in total. The van der Waals surface area contributed by atoms with Crippen molar-refractivity contribution in [3.63, 3.8) is 0 Å². The highest BCUT2D eigenvalue weighted by molar-refractivity contribution is 6.21. The number of rotatable bonds is 4. The Morgan fingerprint density at radius 2 is 0.753 bits per heavy atom. The minimum Gasteiger partial charge on any atom is -0.0619 e. The molecule has 0 amide bonds. The first kappa shape index (κ1) is 40.4. The summed E-state index contributed by atoms with van der Waals surface area (Å²) in [6.07, 6.45) is 4.41. The molecule has 16 rings (SSSR count). The van der Waals surface area contributed by atoms with Gasteiger partial charge in [0.2, 0.25) is 0 Å². The fourth-order valence-electron chi connectivity index (χ4n) is 13.8. The second kappa shape index (κ2) is 15.4. The second-order valence-electron chi connectivity index (χ2n) is 20.3. The van der Waals surface area contributed by atoms with Crippen LogP contribution in [0.3, 0.4) is 0 Å². The molecule has 3 aliphatic rings. The molecule has 3 aliphatic carbocycles. The predicted octanol–water partition coefficient (Wildman–Crippen LogP) is 18.9. The largest absolute Gasteiger partial charge is 0.0732 e. The Morgan fingerprint density at radius 3 is 1.33 bits per heavy atom. The van der Waals surface area contributed by atoms with E-state index in [1.807, 2.05) is 0 Å². The summed E-state index contributed by atoms with van der Waals surface area (Å²) in [6.45, 7) is 0. The molecule has 0 radical (unpaired) electrons. The standard InChI is InChI=1S/C73H44/c1-3-19-47-41-49(35-33-45(47)17-1)69-61-28-9-10-29-62(61)72(50-36-34-46-18-2-4-20-48(46)42-50)64-43-51(38-40-63(64)69)70-57-24-5-7-26-59(57)71(60-27-8-6-25-58(60)70)52-37-39-56-55-23-13-16-32-67(55)73(68(56)44-52)65-30-14-11-21-53(65)54-22-12-15-31-66(54)73/h1-36,41-44H,38,40H2. The lowest BCUT2D eigenvalue weighted by atomic mass is 9.70. The monoisotopic (exact) mass is 920 g/mol. The first-order valence-corrected chi connectivity index (χ1v) is 25.7. The SMILES string of the molecule is c1c(-c2c3ccccc3c(C3=Cc4c(c(-c5ccc6ccccc6c5)c5ccccc5c4-c4ccc5ccccc5c4)CC3)c3ccccc23)cc2c(c#1)-c1ccccc1C21c2ccccc2-c2ccccc21. The highest BCUT2D eigenvalue weighted by Gasteiger charge is 2.51. The molecule has 1 spiro atoms. The van der Waals surface area contributed by atoms with Gasteiger partial charge in [-0.25, -0.2) is 0 Å². The van der Waals surface area contributed by atoms with Crippen LogP contribution in [0.2, 0.25) is 0 Å². The Labute approximate surface area is 424 Å². The maximum absolute atomic E-state index is 3.84. The maximum atomic E-state index is 3.84. The second-order valence-corrected chi connectivity index (χ2v) is 20.3. The van der Waals surface area contributed by atoms with Gasteiger partial charge in [0.05, 0.1) is 5.41 Å². The minimum absolute atomic E-state index is 0.468. The van der Waals surface area contributed by atoms with E-state index in [1.54, 1.807) is 0 Å². The fourth-order valence-corrected chi connectivity index (χ4v) is 13.8. The smallest absolute Gasteiger partial charge is 0.0619 e. The summed E-state index contributed by atoms with van der Waals surface area (Å²) in [5.74, 6) is 0. The average molecular weight is 921 g/mol. The van der Waals surface area contributed by atoms with Crippen molar-refractivity contribution in [1.82, 2.24) is 0 Å². The normalized spacial score (nSPS) is 13.7. The zero-order valence-electron chi connectivity index (χ0n) is 40.0. The average Bonchev–Trinajstić information content (AvgIpc) is 3.93. The van der Waals surface area contributed by atoms with Gasteiger partial charge in [0.25, 0.3) is 0 Å². The topological polar surface area (TPSA) is 0 Å². The van der Waals surface area contributed by atoms with Gasteiger partial charge in [-0.3, -0.25) is 0 Å². The molecule has 0 aliphatic heterocycles. The lowest BCUT2D eigenvalue weighted by molar-refractivity contribution is 0.794. The Morgan fingerprint density at radius 1 is 0.315 bits per heavy atom. The van der Waals surface area contributed by atoms with E-state index in [4.69, 9.17) is 0 Å². The van der Waals surface area contributed by atoms with Gasteiger partial charge < -0.3 is 0 Å². The van der Waals surface area contributed by atoms with Gasteiger partial charge in [-0.2, -0.15) is 0 Å². The van der Waals surface area contributed by atoms with E-state index in [9.17, 15) is 0 Å². The van der Waals surface area contributed by atoms with E-state index in [1.165, 1.54) is 143 Å². The number of hydrogen-bond donors (Lipinski definition) is 0. The van der Waals surface area contributed by atoms with Gasteiger partial charge in [-0.15, -0.1) is 0 Å². The maximum Gasteiger partial charge on any atom is 0.0732 e. The zero-order chi connectivity index (χ0) is 47.8. The fraction of sp³-hybridized carbons (Fsp3) is 0.0411. The summed E-state index contributed by atoms with van der Waals surface area (Å²) in [6, 6.07) is 96.3. The summed E-state index contributed by atoms with van der Waals surface area (Å²) in [5, 5.41) is 12.6. The van der Waals surface area contributed by atoms with Crippen LogP contribution in [0.15, 0.2) is 237 Å². The van der Waals surface area contributed by atoms with Gasteiger partial charge in [0.1, 0.15) is 0 Å². The zero-order valence-corrected chi connectivity index (χ0v) is 40.0. The van der Waals surface area contributed by atoms with Crippen LogP contribution in [0.5, 0.6) is 0 Å². The summed E-state index contributed by atoms with van der Waals surface area (Å²) in [7, 11) is 0. The molecule has 73 heavy (non-hydrogen) atoms. The molecule has 0 unspecified atom stereocenters. The van der Waals surface area contributed by atoms with Crippen LogP contribution in [0.1, 0.15) is 45.4 Å². The van der Waals surface area contributed by atoms with Gasteiger partial charge >= 0.3 is 0 Å². The summed E-state index contributed by atoms with van der Waals surface area (Å²) < 4.78 is 0. The van der Waals surface area contributed by atoms with Gasteiger partial charge in [-0.1, -0.05) is 237 Å². The Hall–Kier alpha value is -9.28. The minimum atomic E-state index is -0.468. The van der Waals surface area contributed by atoms with Crippen LogP contribution >= 0.6 is 0 Å². The predicted molar refractivity (Wildman–Crippen MR) is 307 cm³/mol. The summed E-state index contributed by atoms with van der Waals surface area (Å²) in [4.78, 5) is 0. The van der Waals surface area contributed by atoms with Crippen molar-refractivity contribution in [2.45, 2.75) is 18.3 Å². The Bertz CT molecular complexity index is 4440. The summed E-state index contributed by atoms with van der Waals surface area (Å²) in [5.41, 5.74) is 22.6. The van der Waals surface area contributed by atoms with E-state index in [0.29, 0.717) is 0 Å². The number of allylic oxidation sites excluding steroid dienone is 1. The van der Waals surface area contributed by atoms with Gasteiger partial charge in [0.15, 0.2) is 0 Å².